The third-order valence-electron chi connectivity index (χ3n) is 7.80. The van der Waals surface area contributed by atoms with Gasteiger partial charge in [-0.3, -0.25) is 4.90 Å². The van der Waals surface area contributed by atoms with E-state index in [4.69, 9.17) is 14.6 Å². The summed E-state index contributed by atoms with van der Waals surface area (Å²) in [7, 11) is 1.73. The molecule has 0 amide bonds. The van der Waals surface area contributed by atoms with Crippen molar-refractivity contribution < 1.29 is 9.47 Å². The number of methoxy groups -OCH3 is 1. The molecule has 1 atom stereocenters. The van der Waals surface area contributed by atoms with Crippen LogP contribution in [0.25, 0.3) is 0 Å². The van der Waals surface area contributed by atoms with Gasteiger partial charge in [0, 0.05) is 50.0 Å². The number of para-hydroxylation sites is 1. The molecular weight excluding hydrogens is 434 g/mol. The van der Waals surface area contributed by atoms with Crippen LogP contribution in [0.1, 0.15) is 53.1 Å². The van der Waals surface area contributed by atoms with Gasteiger partial charge in [0.25, 0.3) is 0 Å². The maximum absolute atomic E-state index is 6.90. The fraction of sp³-hybridized carbons (Fsp3) is 0.367. The van der Waals surface area contributed by atoms with Crippen molar-refractivity contribution in [1.82, 2.24) is 9.91 Å². The Morgan fingerprint density at radius 3 is 2.57 bits per heavy atom. The quantitative estimate of drug-likeness (QED) is 0.483. The molecule has 0 bridgehead atoms. The van der Waals surface area contributed by atoms with Crippen LogP contribution >= 0.6 is 0 Å². The summed E-state index contributed by atoms with van der Waals surface area (Å²) in [6.07, 6.45) is 2.68. The van der Waals surface area contributed by atoms with Crippen LogP contribution in [0, 0.1) is 13.8 Å². The van der Waals surface area contributed by atoms with Gasteiger partial charge in [0.05, 0.1) is 18.9 Å². The molecule has 3 aromatic carbocycles. The van der Waals surface area contributed by atoms with Crippen LogP contribution in [0.15, 0.2) is 71.8 Å². The first-order chi connectivity index (χ1) is 17.1. The predicted octanol–water partition coefficient (Wildman–Crippen LogP) is 5.85. The second-order valence-corrected chi connectivity index (χ2v) is 10.1. The van der Waals surface area contributed by atoms with E-state index in [1.807, 2.05) is 6.07 Å². The molecule has 1 fully saturated rings. The van der Waals surface area contributed by atoms with Gasteiger partial charge in [-0.15, -0.1) is 0 Å². The average Bonchev–Trinajstić information content (AvgIpc) is 3.34. The molecule has 3 aromatic rings. The Labute approximate surface area is 208 Å². The number of benzene rings is 3. The Hall–Kier alpha value is -3.31. The maximum Gasteiger partial charge on any atom is 0.200 e. The zero-order valence-corrected chi connectivity index (χ0v) is 20.8. The van der Waals surface area contributed by atoms with Crippen molar-refractivity contribution in [2.75, 3.05) is 20.2 Å². The Bertz CT molecular complexity index is 1260. The highest BCUT2D eigenvalue weighted by Crippen LogP contribution is 2.52. The van der Waals surface area contributed by atoms with Crippen molar-refractivity contribution in [2.24, 2.45) is 5.10 Å². The fourth-order valence-corrected chi connectivity index (χ4v) is 5.87. The molecule has 0 N–H and O–H groups in total. The molecule has 1 spiro atoms. The second-order valence-electron chi connectivity index (χ2n) is 10.1. The highest BCUT2D eigenvalue weighted by atomic mass is 16.5. The van der Waals surface area contributed by atoms with Gasteiger partial charge in [0.2, 0.25) is 5.72 Å². The standard InChI is InChI=1S/C30H33N3O2/c1-21-12-13-22(2)25(18-21)26-19-27-24-10-7-11-28(34-3)29(24)35-30(33(27)31-26)14-16-32(17-15-30)20-23-8-5-4-6-9-23/h4-13,18,27H,14-17,19-20H2,1-3H3. The number of likely N-dealkylation sites (tertiary alicyclic amines) is 1. The number of hydrogen-bond acceptors (Lipinski definition) is 5. The third kappa shape index (κ3) is 3.88. The zero-order valence-electron chi connectivity index (χ0n) is 20.8. The molecule has 3 heterocycles. The summed E-state index contributed by atoms with van der Waals surface area (Å²) in [6.45, 7) is 7.24. The summed E-state index contributed by atoms with van der Waals surface area (Å²) in [6, 6.07) is 23.8. The summed E-state index contributed by atoms with van der Waals surface area (Å²) in [5, 5.41) is 7.59. The Morgan fingerprint density at radius 2 is 1.80 bits per heavy atom. The predicted molar refractivity (Wildman–Crippen MR) is 139 cm³/mol. The van der Waals surface area contributed by atoms with Crippen LogP contribution in [0.2, 0.25) is 0 Å². The van der Waals surface area contributed by atoms with Gasteiger partial charge < -0.3 is 9.47 Å². The normalized spacial score (nSPS) is 20.7. The van der Waals surface area contributed by atoms with Crippen molar-refractivity contribution >= 4 is 5.71 Å². The van der Waals surface area contributed by atoms with Crippen LogP contribution in [-0.4, -0.2) is 41.5 Å². The van der Waals surface area contributed by atoms with E-state index in [0.717, 1.165) is 56.1 Å². The van der Waals surface area contributed by atoms with Crippen molar-refractivity contribution in [3.05, 3.63) is 94.5 Å². The fourth-order valence-electron chi connectivity index (χ4n) is 5.87. The van der Waals surface area contributed by atoms with Crippen LogP contribution in [-0.2, 0) is 6.54 Å². The van der Waals surface area contributed by atoms with E-state index < -0.39 is 5.72 Å². The monoisotopic (exact) mass is 467 g/mol. The Kier molecular flexibility index (Phi) is 5.53. The topological polar surface area (TPSA) is 37.3 Å². The van der Waals surface area contributed by atoms with E-state index in [0.29, 0.717) is 0 Å². The highest BCUT2D eigenvalue weighted by molar-refractivity contribution is 6.03. The molecule has 1 unspecified atom stereocenters. The highest BCUT2D eigenvalue weighted by Gasteiger charge is 2.52. The first-order valence-corrected chi connectivity index (χ1v) is 12.6. The largest absolute Gasteiger partial charge is 0.493 e. The second kappa shape index (κ2) is 8.72. The van der Waals surface area contributed by atoms with Gasteiger partial charge >= 0.3 is 0 Å². The van der Waals surface area contributed by atoms with E-state index in [1.165, 1.54) is 27.8 Å². The lowest BCUT2D eigenvalue weighted by Gasteiger charge is -2.51. The van der Waals surface area contributed by atoms with Crippen molar-refractivity contribution in [2.45, 2.75) is 51.4 Å². The summed E-state index contributed by atoms with van der Waals surface area (Å²) in [5.74, 6) is 1.71. The van der Waals surface area contributed by atoms with Gasteiger partial charge in [-0.25, -0.2) is 5.01 Å². The molecule has 180 valence electrons. The zero-order chi connectivity index (χ0) is 24.0. The Balaban J connectivity index is 1.35. The minimum Gasteiger partial charge on any atom is -0.493 e. The summed E-state index contributed by atoms with van der Waals surface area (Å²) in [5.41, 5.74) is 7.01. The van der Waals surface area contributed by atoms with Gasteiger partial charge in [-0.1, -0.05) is 60.2 Å². The smallest absolute Gasteiger partial charge is 0.200 e. The molecule has 0 radical (unpaired) electrons. The van der Waals surface area contributed by atoms with Crippen LogP contribution < -0.4 is 9.47 Å². The van der Waals surface area contributed by atoms with E-state index in [9.17, 15) is 0 Å². The molecule has 1 saturated heterocycles. The van der Waals surface area contributed by atoms with Gasteiger partial charge in [-0.2, -0.15) is 5.10 Å². The van der Waals surface area contributed by atoms with Gasteiger partial charge in [0.15, 0.2) is 11.5 Å². The summed E-state index contributed by atoms with van der Waals surface area (Å²) < 4.78 is 12.7. The number of ether oxygens (including phenoxy) is 2. The van der Waals surface area contributed by atoms with Crippen molar-refractivity contribution in [3.8, 4) is 11.5 Å². The number of aryl methyl sites for hydroxylation is 2. The number of rotatable bonds is 4. The molecule has 3 aliphatic heterocycles. The number of hydrazone groups is 1. The molecule has 35 heavy (non-hydrogen) atoms. The lowest BCUT2D eigenvalue weighted by atomic mass is 9.89. The van der Waals surface area contributed by atoms with Crippen LogP contribution in [0.5, 0.6) is 11.5 Å². The summed E-state index contributed by atoms with van der Waals surface area (Å²) >= 11 is 0. The molecule has 5 nitrogen and oxygen atoms in total. The number of fused-ring (bicyclic) bond motifs is 4. The molecule has 3 aliphatic rings. The first-order valence-electron chi connectivity index (χ1n) is 12.6. The minimum absolute atomic E-state index is 0.157. The van der Waals surface area contributed by atoms with E-state index >= 15 is 0 Å². The molecule has 0 aromatic heterocycles. The van der Waals surface area contributed by atoms with E-state index in [-0.39, 0.29) is 6.04 Å². The lowest BCUT2D eigenvalue weighted by Crippen LogP contribution is -2.59. The van der Waals surface area contributed by atoms with Gasteiger partial charge in [-0.05, 0) is 37.1 Å². The summed E-state index contributed by atoms with van der Waals surface area (Å²) in [4.78, 5) is 2.53. The average molecular weight is 468 g/mol. The molecular formula is C30H33N3O2. The molecule has 0 saturated carbocycles. The third-order valence-corrected chi connectivity index (χ3v) is 7.80. The van der Waals surface area contributed by atoms with Crippen molar-refractivity contribution in [1.29, 1.82) is 0 Å². The lowest BCUT2D eigenvalue weighted by molar-refractivity contribution is -0.151. The molecule has 6 rings (SSSR count). The SMILES string of the molecule is COc1cccc2c1OC1(CCN(Cc3ccccc3)CC1)N1N=C(c3cc(C)ccc3C)CC21. The van der Waals surface area contributed by atoms with E-state index in [2.05, 4.69) is 84.4 Å². The Morgan fingerprint density at radius 1 is 1.00 bits per heavy atom. The molecule has 5 heteroatoms. The molecule has 0 aliphatic carbocycles. The number of nitrogens with zero attached hydrogens (tertiary/aromatic N) is 3. The van der Waals surface area contributed by atoms with Gasteiger partial charge in [0.1, 0.15) is 0 Å². The number of hydrogen-bond donors (Lipinski definition) is 0. The van der Waals surface area contributed by atoms with Crippen LogP contribution in [0.3, 0.4) is 0 Å². The first kappa shape index (κ1) is 22.2. The van der Waals surface area contributed by atoms with Crippen molar-refractivity contribution in [3.63, 3.8) is 0 Å². The minimum atomic E-state index is -0.459. The maximum atomic E-state index is 6.90. The number of piperidine rings is 1. The van der Waals surface area contributed by atoms with E-state index in [1.54, 1.807) is 7.11 Å². The van der Waals surface area contributed by atoms with Crippen LogP contribution in [0.4, 0.5) is 0 Å².